The quantitative estimate of drug-likeness (QED) is 0.804. The SMILES string of the molecule is Cc1nsc(NCCC(CCC(=O)O)C(C)(C)C)n1. The Morgan fingerprint density at radius 1 is 1.42 bits per heavy atom. The van der Waals surface area contributed by atoms with Gasteiger partial charge >= 0.3 is 5.97 Å². The molecule has 0 saturated carbocycles. The second-order valence-corrected chi connectivity index (χ2v) is 6.61. The lowest BCUT2D eigenvalue weighted by molar-refractivity contribution is -0.137. The number of carbonyl (C=O) groups is 1. The van der Waals surface area contributed by atoms with Crippen LogP contribution in [0.15, 0.2) is 0 Å². The van der Waals surface area contributed by atoms with Gasteiger partial charge in [0.2, 0.25) is 5.13 Å². The van der Waals surface area contributed by atoms with Crippen LogP contribution < -0.4 is 5.32 Å². The maximum absolute atomic E-state index is 10.7. The number of rotatable bonds is 7. The molecule has 19 heavy (non-hydrogen) atoms. The number of nitrogens with one attached hydrogen (secondary N) is 1. The first-order valence-corrected chi connectivity index (χ1v) is 7.32. The number of hydrogen-bond acceptors (Lipinski definition) is 5. The van der Waals surface area contributed by atoms with Gasteiger partial charge in [-0.25, -0.2) is 4.98 Å². The van der Waals surface area contributed by atoms with E-state index in [4.69, 9.17) is 5.11 Å². The van der Waals surface area contributed by atoms with Crippen molar-refractivity contribution in [2.24, 2.45) is 11.3 Å². The molecule has 0 aliphatic heterocycles. The Hall–Kier alpha value is -1.17. The molecule has 5 nitrogen and oxygen atoms in total. The topological polar surface area (TPSA) is 75.1 Å². The van der Waals surface area contributed by atoms with Gasteiger partial charge in [-0.1, -0.05) is 20.8 Å². The molecule has 1 heterocycles. The first kappa shape index (κ1) is 15.9. The molecule has 0 aliphatic rings. The van der Waals surface area contributed by atoms with Gasteiger partial charge in [0.15, 0.2) is 0 Å². The zero-order valence-electron chi connectivity index (χ0n) is 12.1. The van der Waals surface area contributed by atoms with Crippen LogP contribution in [0.2, 0.25) is 0 Å². The normalized spacial score (nSPS) is 13.3. The van der Waals surface area contributed by atoms with Crippen LogP contribution in [0.1, 0.15) is 45.9 Å². The van der Waals surface area contributed by atoms with Crippen LogP contribution in [0, 0.1) is 18.3 Å². The number of aryl methyl sites for hydroxylation is 1. The Morgan fingerprint density at radius 2 is 2.11 bits per heavy atom. The Morgan fingerprint density at radius 3 is 2.58 bits per heavy atom. The van der Waals surface area contributed by atoms with E-state index in [9.17, 15) is 4.79 Å². The summed E-state index contributed by atoms with van der Waals surface area (Å²) in [6, 6.07) is 0. The third-order valence-corrected chi connectivity index (χ3v) is 3.99. The van der Waals surface area contributed by atoms with Crippen molar-refractivity contribution >= 4 is 22.6 Å². The number of aromatic nitrogens is 2. The molecule has 1 aromatic rings. The fourth-order valence-electron chi connectivity index (χ4n) is 2.03. The summed E-state index contributed by atoms with van der Waals surface area (Å²) >= 11 is 1.36. The number of nitrogens with zero attached hydrogens (tertiary/aromatic N) is 2. The van der Waals surface area contributed by atoms with Crippen LogP contribution in [0.4, 0.5) is 5.13 Å². The van der Waals surface area contributed by atoms with Gasteiger partial charge < -0.3 is 10.4 Å². The molecule has 0 amide bonds. The predicted molar refractivity (Wildman–Crippen MR) is 77.6 cm³/mol. The molecule has 0 radical (unpaired) electrons. The first-order chi connectivity index (χ1) is 8.79. The number of anilines is 1. The fraction of sp³-hybridized carbons (Fsp3) is 0.769. The summed E-state index contributed by atoms with van der Waals surface area (Å²) < 4.78 is 4.11. The van der Waals surface area contributed by atoms with Gasteiger partial charge in [0, 0.05) is 24.5 Å². The first-order valence-electron chi connectivity index (χ1n) is 6.55. The van der Waals surface area contributed by atoms with E-state index in [-0.39, 0.29) is 11.8 Å². The van der Waals surface area contributed by atoms with E-state index in [0.29, 0.717) is 5.92 Å². The van der Waals surface area contributed by atoms with E-state index in [1.165, 1.54) is 11.5 Å². The Bertz CT molecular complexity index is 412. The maximum Gasteiger partial charge on any atom is 0.303 e. The average Bonchev–Trinajstić information content (AvgIpc) is 2.67. The van der Waals surface area contributed by atoms with Crippen molar-refractivity contribution in [2.45, 2.75) is 47.0 Å². The summed E-state index contributed by atoms with van der Waals surface area (Å²) in [5.74, 6) is 0.442. The second kappa shape index (κ2) is 6.84. The largest absolute Gasteiger partial charge is 0.481 e. The Kier molecular flexibility index (Phi) is 5.72. The van der Waals surface area contributed by atoms with Crippen LogP contribution in [-0.2, 0) is 4.79 Å². The highest BCUT2D eigenvalue weighted by Gasteiger charge is 2.24. The average molecular weight is 285 g/mol. The summed E-state index contributed by atoms with van der Waals surface area (Å²) in [5, 5.41) is 12.9. The highest BCUT2D eigenvalue weighted by molar-refractivity contribution is 7.09. The van der Waals surface area contributed by atoms with E-state index in [1.54, 1.807) is 0 Å². The summed E-state index contributed by atoms with van der Waals surface area (Å²) in [4.78, 5) is 14.9. The lowest BCUT2D eigenvalue weighted by Gasteiger charge is -2.30. The monoisotopic (exact) mass is 285 g/mol. The third kappa shape index (κ3) is 6.00. The van der Waals surface area contributed by atoms with Crippen molar-refractivity contribution in [3.05, 3.63) is 5.82 Å². The molecule has 0 fully saturated rings. The molecule has 6 heteroatoms. The second-order valence-electron chi connectivity index (χ2n) is 5.86. The standard InChI is InChI=1S/C13H23N3O2S/c1-9-15-12(19-16-9)14-8-7-10(13(2,3)4)5-6-11(17)18/h10H,5-8H2,1-4H3,(H,17,18)(H,14,15,16). The smallest absolute Gasteiger partial charge is 0.303 e. The van der Waals surface area contributed by atoms with Crippen molar-refractivity contribution in [3.8, 4) is 0 Å². The van der Waals surface area contributed by atoms with E-state index in [0.717, 1.165) is 30.3 Å². The minimum absolute atomic E-state index is 0.119. The molecule has 0 spiro atoms. The van der Waals surface area contributed by atoms with Gasteiger partial charge in [0.1, 0.15) is 5.82 Å². The van der Waals surface area contributed by atoms with Crippen LogP contribution in [0.5, 0.6) is 0 Å². The van der Waals surface area contributed by atoms with E-state index in [1.807, 2.05) is 6.92 Å². The molecule has 1 rings (SSSR count). The highest BCUT2D eigenvalue weighted by atomic mass is 32.1. The molecule has 0 aliphatic carbocycles. The van der Waals surface area contributed by atoms with Gasteiger partial charge in [-0.15, -0.1) is 0 Å². The zero-order valence-corrected chi connectivity index (χ0v) is 12.9. The number of carboxylic acids is 1. The summed E-state index contributed by atoms with van der Waals surface area (Å²) in [6.07, 6.45) is 1.89. The molecule has 0 saturated heterocycles. The molecule has 1 aromatic heterocycles. The van der Waals surface area contributed by atoms with Crippen molar-refractivity contribution in [3.63, 3.8) is 0 Å². The van der Waals surface area contributed by atoms with Crippen molar-refractivity contribution < 1.29 is 9.90 Å². The van der Waals surface area contributed by atoms with Crippen LogP contribution >= 0.6 is 11.5 Å². The summed E-state index contributed by atoms with van der Waals surface area (Å²) in [7, 11) is 0. The third-order valence-electron chi connectivity index (χ3n) is 3.23. The van der Waals surface area contributed by atoms with Gasteiger partial charge in [0.25, 0.3) is 0 Å². The summed E-state index contributed by atoms with van der Waals surface area (Å²) in [5.41, 5.74) is 0.119. The van der Waals surface area contributed by atoms with Gasteiger partial charge in [-0.2, -0.15) is 4.37 Å². The lowest BCUT2D eigenvalue weighted by atomic mass is 9.76. The molecular formula is C13H23N3O2S. The lowest BCUT2D eigenvalue weighted by Crippen LogP contribution is -2.24. The molecule has 2 N–H and O–H groups in total. The summed E-state index contributed by atoms with van der Waals surface area (Å²) in [6.45, 7) is 9.15. The highest BCUT2D eigenvalue weighted by Crippen LogP contribution is 2.32. The Balaban J connectivity index is 2.42. The van der Waals surface area contributed by atoms with E-state index in [2.05, 4.69) is 35.4 Å². The fourth-order valence-corrected chi connectivity index (χ4v) is 2.63. The maximum atomic E-state index is 10.7. The number of carboxylic acid groups (broad SMARTS) is 1. The van der Waals surface area contributed by atoms with Crippen molar-refractivity contribution in [1.82, 2.24) is 9.36 Å². The molecule has 0 bridgehead atoms. The van der Waals surface area contributed by atoms with Crippen LogP contribution in [0.3, 0.4) is 0 Å². The van der Waals surface area contributed by atoms with Gasteiger partial charge in [-0.05, 0) is 31.1 Å². The molecule has 1 atom stereocenters. The van der Waals surface area contributed by atoms with Gasteiger partial charge in [-0.3, -0.25) is 4.79 Å². The molecule has 1 unspecified atom stereocenters. The molecular weight excluding hydrogens is 262 g/mol. The zero-order chi connectivity index (χ0) is 14.5. The number of hydrogen-bond donors (Lipinski definition) is 2. The van der Waals surface area contributed by atoms with E-state index < -0.39 is 5.97 Å². The molecule has 108 valence electrons. The molecule has 0 aromatic carbocycles. The van der Waals surface area contributed by atoms with Crippen molar-refractivity contribution in [2.75, 3.05) is 11.9 Å². The van der Waals surface area contributed by atoms with Crippen LogP contribution in [0.25, 0.3) is 0 Å². The Labute approximate surface area is 118 Å². The van der Waals surface area contributed by atoms with E-state index >= 15 is 0 Å². The minimum Gasteiger partial charge on any atom is -0.481 e. The predicted octanol–water partition coefficient (Wildman–Crippen LogP) is 3.18. The minimum atomic E-state index is -0.720. The van der Waals surface area contributed by atoms with Crippen LogP contribution in [-0.4, -0.2) is 27.0 Å². The van der Waals surface area contributed by atoms with Gasteiger partial charge in [0.05, 0.1) is 0 Å². The number of aliphatic carboxylic acids is 1. The van der Waals surface area contributed by atoms with Crippen molar-refractivity contribution in [1.29, 1.82) is 0 Å².